The molecule has 2 rings (SSSR count). The van der Waals surface area contributed by atoms with Crippen LogP contribution in [0.15, 0.2) is 53.4 Å². The van der Waals surface area contributed by atoms with Crippen molar-refractivity contribution in [2.75, 3.05) is 5.32 Å². The van der Waals surface area contributed by atoms with Gasteiger partial charge in [0.2, 0.25) is 5.91 Å². The smallest absolute Gasteiger partial charge is 0.225 e. The van der Waals surface area contributed by atoms with E-state index in [1.54, 1.807) is 24.3 Å². The number of carbonyl (C=O) groups excluding carboxylic acids is 1. The Morgan fingerprint density at radius 2 is 1.48 bits per heavy atom. The fraction of sp³-hybridized carbons (Fsp3) is 0.188. The van der Waals surface area contributed by atoms with E-state index in [1.165, 1.54) is 31.2 Å². The number of nitrogens with one attached hydrogen (secondary N) is 1. The van der Waals surface area contributed by atoms with Crippen LogP contribution in [-0.4, -0.2) is 19.6 Å². The van der Waals surface area contributed by atoms with Gasteiger partial charge in [0, 0.05) is 22.2 Å². The summed E-state index contributed by atoms with van der Waals surface area (Å²) < 4.78 is 24.9. The summed E-state index contributed by atoms with van der Waals surface area (Å²) in [7, 11) is -3.59. The van der Waals surface area contributed by atoms with Gasteiger partial charge in [-0.05, 0) is 55.5 Å². The third-order valence-corrected chi connectivity index (χ3v) is 5.93. The second kappa shape index (κ2) is 7.34. The summed E-state index contributed by atoms with van der Waals surface area (Å²) in [6, 6.07) is 12.5. The molecule has 122 valence electrons. The maximum Gasteiger partial charge on any atom is 0.225 e. The summed E-state index contributed by atoms with van der Waals surface area (Å²) in [5.74, 6) is -0.377. The van der Waals surface area contributed by atoms with Crippen molar-refractivity contribution in [3.63, 3.8) is 0 Å². The summed E-state index contributed by atoms with van der Waals surface area (Å²) in [6.07, 6.45) is -0.145. The van der Waals surface area contributed by atoms with E-state index in [1.807, 2.05) is 0 Å². The van der Waals surface area contributed by atoms with Crippen LogP contribution < -0.4 is 5.32 Å². The molecule has 4 nitrogen and oxygen atoms in total. The highest BCUT2D eigenvalue weighted by Gasteiger charge is 2.25. The van der Waals surface area contributed by atoms with E-state index >= 15 is 0 Å². The van der Waals surface area contributed by atoms with Crippen molar-refractivity contribution in [3.05, 3.63) is 58.6 Å². The van der Waals surface area contributed by atoms with Crippen molar-refractivity contribution in [1.29, 1.82) is 0 Å². The van der Waals surface area contributed by atoms with Crippen LogP contribution in [0.1, 0.15) is 13.3 Å². The SMILES string of the molecule is C[C@@H](CC(=O)Nc1ccc(Cl)cc1)S(=O)(=O)c1ccc(Cl)cc1. The second-order valence-corrected chi connectivity index (χ2v) is 8.31. The quantitative estimate of drug-likeness (QED) is 0.856. The molecule has 0 spiro atoms. The Kier molecular flexibility index (Phi) is 5.68. The zero-order valence-electron chi connectivity index (χ0n) is 12.3. The molecule has 0 aliphatic carbocycles. The highest BCUT2D eigenvalue weighted by Crippen LogP contribution is 2.21. The molecular formula is C16H15Cl2NO3S. The molecule has 0 aliphatic heterocycles. The number of anilines is 1. The van der Waals surface area contributed by atoms with Gasteiger partial charge in [-0.25, -0.2) is 8.42 Å². The van der Waals surface area contributed by atoms with Gasteiger partial charge in [-0.2, -0.15) is 0 Å². The van der Waals surface area contributed by atoms with Crippen molar-refractivity contribution in [3.8, 4) is 0 Å². The Morgan fingerprint density at radius 1 is 1.00 bits per heavy atom. The van der Waals surface area contributed by atoms with E-state index in [0.29, 0.717) is 15.7 Å². The summed E-state index contributed by atoms with van der Waals surface area (Å²) >= 11 is 11.5. The van der Waals surface area contributed by atoms with Crippen molar-refractivity contribution in [2.45, 2.75) is 23.5 Å². The fourth-order valence-corrected chi connectivity index (χ4v) is 3.58. The van der Waals surface area contributed by atoms with Gasteiger partial charge in [0.1, 0.15) is 0 Å². The molecule has 0 saturated heterocycles. The molecule has 7 heteroatoms. The highest BCUT2D eigenvalue weighted by atomic mass is 35.5. The molecule has 0 fully saturated rings. The lowest BCUT2D eigenvalue weighted by molar-refractivity contribution is -0.116. The Balaban J connectivity index is 2.05. The molecule has 0 unspecified atom stereocenters. The molecule has 0 bridgehead atoms. The van der Waals surface area contributed by atoms with Gasteiger partial charge in [-0.15, -0.1) is 0 Å². The van der Waals surface area contributed by atoms with E-state index in [-0.39, 0.29) is 17.2 Å². The average molecular weight is 372 g/mol. The number of sulfone groups is 1. The number of hydrogen-bond acceptors (Lipinski definition) is 3. The van der Waals surface area contributed by atoms with Gasteiger partial charge < -0.3 is 5.32 Å². The lowest BCUT2D eigenvalue weighted by atomic mass is 10.3. The average Bonchev–Trinajstić information content (AvgIpc) is 2.50. The zero-order chi connectivity index (χ0) is 17.0. The van der Waals surface area contributed by atoms with Gasteiger partial charge in [0.05, 0.1) is 10.1 Å². The van der Waals surface area contributed by atoms with Gasteiger partial charge in [0.25, 0.3) is 0 Å². The molecule has 0 radical (unpaired) electrons. The zero-order valence-corrected chi connectivity index (χ0v) is 14.6. The number of benzene rings is 2. The Labute approximate surface area is 145 Å². The summed E-state index contributed by atoms with van der Waals surface area (Å²) in [4.78, 5) is 12.2. The minimum absolute atomic E-state index is 0.145. The first-order valence-electron chi connectivity index (χ1n) is 6.84. The van der Waals surface area contributed by atoms with Crippen LogP contribution in [0, 0.1) is 0 Å². The van der Waals surface area contributed by atoms with Gasteiger partial charge in [0.15, 0.2) is 9.84 Å². The van der Waals surface area contributed by atoms with Crippen LogP contribution in [0.5, 0.6) is 0 Å². The first-order valence-corrected chi connectivity index (χ1v) is 9.14. The number of amides is 1. The van der Waals surface area contributed by atoms with Gasteiger partial charge >= 0.3 is 0 Å². The fourth-order valence-electron chi connectivity index (χ4n) is 1.97. The van der Waals surface area contributed by atoms with Crippen molar-refractivity contribution >= 4 is 44.6 Å². The molecule has 0 aromatic heterocycles. The molecule has 2 aromatic rings. The highest BCUT2D eigenvalue weighted by molar-refractivity contribution is 7.92. The Hall–Kier alpha value is -1.56. The molecule has 1 amide bonds. The molecule has 1 atom stereocenters. The number of hydrogen-bond donors (Lipinski definition) is 1. The van der Waals surface area contributed by atoms with E-state index in [9.17, 15) is 13.2 Å². The lowest BCUT2D eigenvalue weighted by Gasteiger charge is -2.13. The second-order valence-electron chi connectivity index (χ2n) is 5.07. The molecule has 2 aromatic carbocycles. The molecular weight excluding hydrogens is 357 g/mol. The van der Waals surface area contributed by atoms with Crippen LogP contribution in [0.2, 0.25) is 10.0 Å². The van der Waals surface area contributed by atoms with Crippen LogP contribution in [0.4, 0.5) is 5.69 Å². The predicted molar refractivity (Wildman–Crippen MR) is 92.8 cm³/mol. The molecule has 0 heterocycles. The maximum atomic E-state index is 12.4. The van der Waals surface area contributed by atoms with Gasteiger partial charge in [-0.1, -0.05) is 23.2 Å². The standard InChI is InChI=1S/C16H15Cl2NO3S/c1-11(23(21,22)15-8-4-13(18)5-9-15)10-16(20)19-14-6-2-12(17)3-7-14/h2-9,11H,10H2,1H3,(H,19,20)/t11-/m0/s1. The van der Waals surface area contributed by atoms with Crippen molar-refractivity contribution < 1.29 is 13.2 Å². The summed E-state index contributed by atoms with van der Waals surface area (Å²) in [6.45, 7) is 1.51. The molecule has 0 aliphatic rings. The van der Waals surface area contributed by atoms with Crippen molar-refractivity contribution in [1.82, 2.24) is 0 Å². The van der Waals surface area contributed by atoms with Crippen molar-refractivity contribution in [2.24, 2.45) is 0 Å². The topological polar surface area (TPSA) is 63.2 Å². The number of halogens is 2. The van der Waals surface area contributed by atoms with E-state index in [2.05, 4.69) is 5.32 Å². The number of rotatable bonds is 5. The molecule has 0 saturated carbocycles. The maximum absolute atomic E-state index is 12.4. The van der Waals surface area contributed by atoms with Crippen LogP contribution in [0.25, 0.3) is 0 Å². The van der Waals surface area contributed by atoms with Crippen LogP contribution >= 0.6 is 23.2 Å². The summed E-state index contributed by atoms with van der Waals surface area (Å²) in [5, 5.41) is 2.81. The minimum Gasteiger partial charge on any atom is -0.326 e. The van der Waals surface area contributed by atoms with Gasteiger partial charge in [-0.3, -0.25) is 4.79 Å². The lowest BCUT2D eigenvalue weighted by Crippen LogP contribution is -2.25. The number of carbonyl (C=O) groups is 1. The Bertz CT molecular complexity index is 787. The van der Waals surface area contributed by atoms with E-state index in [4.69, 9.17) is 23.2 Å². The molecule has 23 heavy (non-hydrogen) atoms. The van der Waals surface area contributed by atoms with Crippen LogP contribution in [0.3, 0.4) is 0 Å². The first kappa shape index (κ1) is 17.8. The monoisotopic (exact) mass is 371 g/mol. The van der Waals surface area contributed by atoms with Crippen LogP contribution in [-0.2, 0) is 14.6 Å². The third-order valence-electron chi connectivity index (χ3n) is 3.27. The Morgan fingerprint density at radius 3 is 2.00 bits per heavy atom. The largest absolute Gasteiger partial charge is 0.326 e. The minimum atomic E-state index is -3.59. The van der Waals surface area contributed by atoms with E-state index < -0.39 is 15.1 Å². The summed E-state index contributed by atoms with van der Waals surface area (Å²) in [5.41, 5.74) is 0.565. The van der Waals surface area contributed by atoms with E-state index in [0.717, 1.165) is 0 Å². The predicted octanol–water partition coefficient (Wildman–Crippen LogP) is 4.18. The third kappa shape index (κ3) is 4.70. The molecule has 1 N–H and O–H groups in total. The first-order chi connectivity index (χ1) is 10.8. The normalized spacial score (nSPS) is 12.7.